The van der Waals surface area contributed by atoms with Gasteiger partial charge < -0.3 is 25.5 Å². The number of carbonyl (C=O) groups is 1. The molecule has 6 nitrogen and oxygen atoms in total. The van der Waals surface area contributed by atoms with Gasteiger partial charge in [0, 0.05) is 24.0 Å². The summed E-state index contributed by atoms with van der Waals surface area (Å²) in [6.45, 7) is 11.4. The van der Waals surface area contributed by atoms with Crippen LogP contribution in [0.1, 0.15) is 129 Å². The number of unbranched alkanes of at least 4 members (excludes halogenated alkanes) is 1. The van der Waals surface area contributed by atoms with Gasteiger partial charge in [-0.1, -0.05) is 426 Å². The quantitative estimate of drug-likeness (QED) is 0.0341. The fourth-order valence-corrected chi connectivity index (χ4v) is 12.3. The number of hydrogen-bond donors (Lipinski definition) is 5. The Morgan fingerprint density at radius 1 is 0.291 bits per heavy atom. The van der Waals surface area contributed by atoms with E-state index in [9.17, 15) is 30.3 Å². The number of aliphatic hydroxyl groups is 5. The van der Waals surface area contributed by atoms with Gasteiger partial charge in [0.25, 0.3) is 0 Å². The maximum absolute atomic E-state index is 11.8. The lowest BCUT2D eigenvalue weighted by molar-refractivity contribution is 0.0684. The molecule has 0 aliphatic rings. The molecular weight excluding hydrogens is 1260 g/mol. The van der Waals surface area contributed by atoms with E-state index in [4.69, 9.17) is 0 Å². The van der Waals surface area contributed by atoms with Crippen LogP contribution >= 0.6 is 0 Å². The Morgan fingerprint density at radius 2 is 0.515 bits per heavy atom. The molecule has 13 aromatic carbocycles. The molecule has 0 atom stereocenters. The van der Waals surface area contributed by atoms with Crippen molar-refractivity contribution in [1.82, 2.24) is 0 Å². The Balaban J connectivity index is 0.000000157. The predicted molar refractivity (Wildman–Crippen MR) is 425 cm³/mol. The molecule has 13 rings (SSSR count). The van der Waals surface area contributed by atoms with E-state index in [-0.39, 0.29) is 5.78 Å². The van der Waals surface area contributed by atoms with Crippen molar-refractivity contribution in [2.75, 3.05) is 0 Å². The molecule has 0 aliphatic heterocycles. The van der Waals surface area contributed by atoms with E-state index in [1.807, 2.05) is 395 Å². The first-order valence-electron chi connectivity index (χ1n) is 35.3. The van der Waals surface area contributed by atoms with Gasteiger partial charge >= 0.3 is 0 Å². The molecule has 5 N–H and O–H groups in total. The van der Waals surface area contributed by atoms with E-state index < -0.39 is 28.0 Å². The third kappa shape index (κ3) is 22.2. The minimum Gasteiger partial charge on any atom is -0.381 e. The van der Waals surface area contributed by atoms with E-state index in [1.165, 1.54) is 0 Å². The first-order valence-corrected chi connectivity index (χ1v) is 35.3. The Morgan fingerprint density at radius 3 is 0.767 bits per heavy atom. The summed E-state index contributed by atoms with van der Waals surface area (Å²) in [5, 5.41) is 54.9. The van der Waals surface area contributed by atoms with Gasteiger partial charge in [0.05, 0.1) is 0 Å². The van der Waals surface area contributed by atoms with Gasteiger partial charge in [-0.05, 0) is 87.4 Å². The highest BCUT2D eigenvalue weighted by atomic mass is 16.3. The van der Waals surface area contributed by atoms with E-state index in [1.54, 1.807) is 6.08 Å². The van der Waals surface area contributed by atoms with Gasteiger partial charge in [0.1, 0.15) is 28.0 Å². The summed E-state index contributed by atoms with van der Waals surface area (Å²) in [5.41, 5.74) is 7.14. The molecule has 13 aromatic rings. The van der Waals surface area contributed by atoms with Crippen LogP contribution in [0.15, 0.2) is 420 Å². The average Bonchev–Trinajstić information content (AvgIpc) is 0.794. The molecule has 0 radical (unpaired) electrons. The van der Waals surface area contributed by atoms with Crippen molar-refractivity contribution >= 4 is 5.78 Å². The van der Waals surface area contributed by atoms with E-state index in [0.29, 0.717) is 19.3 Å². The molecule has 0 fully saturated rings. The number of rotatable bonds is 22. The molecule has 520 valence electrons. The molecule has 0 aromatic heterocycles. The number of carbonyl (C=O) groups excluding carboxylic acids is 1. The Bertz CT molecular complexity index is 4200. The number of allylic oxidation sites excluding steroid dienone is 1. The SMILES string of the molecule is C=CCC(O)(c1ccccc1)c1ccccc1.C=CCCC(O)(c1ccccc1)c1ccccc1.CC(O)(c1ccccc1)c1ccccc1.CCCCC(O)(c1ccccc1)c1ccccc1.O=C(c1ccccc1)c1ccccc1.OC(Cc1ccccc1)(c1ccccc1)c1ccccc1. The second-order valence-electron chi connectivity index (χ2n) is 25.3. The summed E-state index contributed by atoms with van der Waals surface area (Å²) in [4.78, 5) is 11.8. The van der Waals surface area contributed by atoms with Crippen LogP contribution in [-0.4, -0.2) is 31.3 Å². The number of ketones is 1. The van der Waals surface area contributed by atoms with Gasteiger partial charge in [0.15, 0.2) is 5.78 Å². The molecule has 0 saturated carbocycles. The van der Waals surface area contributed by atoms with Crippen molar-refractivity contribution in [2.24, 2.45) is 0 Å². The largest absolute Gasteiger partial charge is 0.381 e. The topological polar surface area (TPSA) is 118 Å². The molecule has 0 spiro atoms. The van der Waals surface area contributed by atoms with Crippen LogP contribution in [0.5, 0.6) is 0 Å². The summed E-state index contributed by atoms with van der Waals surface area (Å²) in [6, 6.07) is 127. The molecule has 0 aliphatic carbocycles. The van der Waals surface area contributed by atoms with E-state index in [0.717, 1.165) is 98.0 Å². The first-order chi connectivity index (χ1) is 50.2. The number of benzene rings is 13. The highest BCUT2D eigenvalue weighted by Crippen LogP contribution is 2.38. The molecule has 103 heavy (non-hydrogen) atoms. The van der Waals surface area contributed by atoms with Crippen molar-refractivity contribution in [2.45, 2.75) is 86.8 Å². The van der Waals surface area contributed by atoms with Crippen LogP contribution in [0.4, 0.5) is 0 Å². The third-order valence-corrected chi connectivity index (χ3v) is 18.1. The first kappa shape index (κ1) is 77.5. The van der Waals surface area contributed by atoms with Gasteiger partial charge in [-0.2, -0.15) is 0 Å². The Hall–Kier alpha value is -11.2. The van der Waals surface area contributed by atoms with Gasteiger partial charge in [-0.3, -0.25) is 4.79 Å². The lowest BCUT2D eigenvalue weighted by Crippen LogP contribution is -2.30. The normalized spacial score (nSPS) is 11.1. The van der Waals surface area contributed by atoms with Crippen molar-refractivity contribution in [1.29, 1.82) is 0 Å². The fraction of sp³-hybridized carbons (Fsp3) is 0.144. The molecular formula is C97H96O6. The van der Waals surface area contributed by atoms with Crippen molar-refractivity contribution in [3.63, 3.8) is 0 Å². The minimum absolute atomic E-state index is 0.0752. The lowest BCUT2D eigenvalue weighted by atomic mass is 9.81. The highest BCUT2D eigenvalue weighted by molar-refractivity contribution is 6.08. The minimum atomic E-state index is -1.01. The van der Waals surface area contributed by atoms with Crippen LogP contribution < -0.4 is 0 Å². The standard InChI is InChI=1S/C20H18O.C17H20O.C17H18O.C16H16O.C14H14O.C13H10O/c21-20(18-12-6-2-7-13-18,19-14-8-3-9-15-19)16-17-10-4-1-5-11-17;2*1-2-3-14-17(18,15-10-6-4-7-11-15)16-12-8-5-9-13-16;1-2-13-16(17,14-9-5-3-6-10-14)15-11-7-4-8-12-15;1-14(15,12-8-4-2-5-9-12)13-10-6-3-7-11-13;14-13(11-7-3-1-4-8-11)12-9-5-2-6-10-12/h1-15,21H,16H2;4-13,18H,2-3,14H2,1H3;2,4-13,18H,1,3,14H2;2-12,17H,1,13H2;2-11,15H,1H3;1-10H. The third-order valence-electron chi connectivity index (χ3n) is 18.1. The second-order valence-corrected chi connectivity index (χ2v) is 25.3. The van der Waals surface area contributed by atoms with Crippen LogP contribution in [0.25, 0.3) is 0 Å². The summed E-state index contributed by atoms with van der Waals surface area (Å²) in [7, 11) is 0. The number of hydrogen-bond acceptors (Lipinski definition) is 6. The molecule has 0 heterocycles. The molecule has 0 amide bonds. The summed E-state index contributed by atoms with van der Waals surface area (Å²) in [5.74, 6) is 0.0752. The Labute approximate surface area is 611 Å². The maximum Gasteiger partial charge on any atom is 0.193 e. The maximum atomic E-state index is 11.8. The van der Waals surface area contributed by atoms with Crippen LogP contribution in [-0.2, 0) is 34.4 Å². The van der Waals surface area contributed by atoms with Crippen molar-refractivity contribution < 1.29 is 30.3 Å². The van der Waals surface area contributed by atoms with E-state index >= 15 is 0 Å². The molecule has 6 heteroatoms. The zero-order chi connectivity index (χ0) is 72.9. The van der Waals surface area contributed by atoms with E-state index in [2.05, 4.69) is 32.2 Å². The predicted octanol–water partition coefficient (Wildman–Crippen LogP) is 21.5. The smallest absolute Gasteiger partial charge is 0.193 e. The fourth-order valence-electron chi connectivity index (χ4n) is 12.3. The summed E-state index contributed by atoms with van der Waals surface area (Å²) in [6.07, 6.45) is 8.93. The summed E-state index contributed by atoms with van der Waals surface area (Å²) >= 11 is 0. The summed E-state index contributed by atoms with van der Waals surface area (Å²) < 4.78 is 0. The highest BCUT2D eigenvalue weighted by Gasteiger charge is 2.34. The Kier molecular flexibility index (Phi) is 30.3. The van der Waals surface area contributed by atoms with Crippen molar-refractivity contribution in [3.05, 3.63) is 492 Å². The monoisotopic (exact) mass is 1360 g/mol. The van der Waals surface area contributed by atoms with Crippen LogP contribution in [0.2, 0.25) is 0 Å². The van der Waals surface area contributed by atoms with Gasteiger partial charge in [0.2, 0.25) is 0 Å². The molecule has 0 unspecified atom stereocenters. The van der Waals surface area contributed by atoms with Crippen molar-refractivity contribution in [3.8, 4) is 0 Å². The van der Waals surface area contributed by atoms with Gasteiger partial charge in [-0.15, -0.1) is 13.2 Å². The molecule has 0 bridgehead atoms. The lowest BCUT2D eigenvalue weighted by Gasteiger charge is -2.29. The van der Waals surface area contributed by atoms with Gasteiger partial charge in [-0.25, -0.2) is 0 Å². The van der Waals surface area contributed by atoms with Crippen LogP contribution in [0, 0.1) is 0 Å². The zero-order valence-electron chi connectivity index (χ0n) is 59.2. The molecule has 0 saturated heterocycles. The zero-order valence-corrected chi connectivity index (χ0v) is 59.2. The average molecular weight is 1360 g/mol. The second kappa shape index (κ2) is 40.3. The van der Waals surface area contributed by atoms with Crippen LogP contribution in [0.3, 0.4) is 0 Å².